The first kappa shape index (κ1) is 18.1. The quantitative estimate of drug-likeness (QED) is 0.594. The summed E-state index contributed by atoms with van der Waals surface area (Å²) in [6.45, 7) is 0.539. The molecule has 0 aliphatic carbocycles. The summed E-state index contributed by atoms with van der Waals surface area (Å²) in [7, 11) is 3.03. The topological polar surface area (TPSA) is 102 Å². The molecule has 0 radical (unpaired) electrons. The summed E-state index contributed by atoms with van der Waals surface area (Å²) < 4.78 is 2.40. The van der Waals surface area contributed by atoms with Gasteiger partial charge in [-0.3, -0.25) is 18.7 Å². The number of carbonyl (C=O) groups excluding carboxylic acids is 1. The molecule has 26 heavy (non-hydrogen) atoms. The van der Waals surface area contributed by atoms with Gasteiger partial charge in [-0.15, -0.1) is 11.3 Å². The van der Waals surface area contributed by atoms with Crippen LogP contribution in [0.25, 0.3) is 11.2 Å². The highest BCUT2D eigenvalue weighted by atomic mass is 32.1. The van der Waals surface area contributed by atoms with E-state index in [1.54, 1.807) is 18.4 Å². The maximum absolute atomic E-state index is 12.1. The number of nitrogens with one attached hydrogen (secondary N) is 2. The summed E-state index contributed by atoms with van der Waals surface area (Å²) >= 11 is 1.65. The first-order valence-electron chi connectivity index (χ1n) is 8.41. The van der Waals surface area contributed by atoms with E-state index in [0.717, 1.165) is 11.0 Å². The van der Waals surface area contributed by atoms with Crippen molar-refractivity contribution in [2.45, 2.75) is 25.7 Å². The van der Waals surface area contributed by atoms with Crippen LogP contribution in [-0.2, 0) is 31.7 Å². The normalized spacial score (nSPS) is 11.2. The van der Waals surface area contributed by atoms with Crippen molar-refractivity contribution in [3.05, 3.63) is 49.1 Å². The Morgan fingerprint density at radius 2 is 2.08 bits per heavy atom. The Morgan fingerprint density at radius 1 is 1.27 bits per heavy atom. The number of hydrogen-bond acceptors (Lipinski definition) is 5. The van der Waals surface area contributed by atoms with Crippen molar-refractivity contribution < 1.29 is 4.79 Å². The predicted octanol–water partition coefficient (Wildman–Crippen LogP) is 0.703. The second-order valence-electron chi connectivity index (χ2n) is 6.12. The molecule has 0 aliphatic rings. The second-order valence-corrected chi connectivity index (χ2v) is 7.15. The number of H-pyrrole nitrogens is 1. The SMILES string of the molecule is Cn1c(=O)c2[nH]c(CCCNC(=O)CCc3cccs3)nc2n(C)c1=O. The Hall–Kier alpha value is -2.68. The van der Waals surface area contributed by atoms with Crippen LogP contribution in [-0.4, -0.2) is 31.6 Å². The van der Waals surface area contributed by atoms with E-state index in [-0.39, 0.29) is 11.5 Å². The smallest absolute Gasteiger partial charge is 0.332 e. The molecule has 0 spiro atoms. The number of nitrogens with zero attached hydrogens (tertiary/aromatic N) is 3. The van der Waals surface area contributed by atoms with Crippen LogP contribution in [0.3, 0.4) is 0 Å². The Bertz CT molecular complexity index is 1030. The first-order valence-corrected chi connectivity index (χ1v) is 9.29. The number of aromatic amines is 1. The third kappa shape index (κ3) is 3.77. The van der Waals surface area contributed by atoms with Crippen molar-refractivity contribution in [2.24, 2.45) is 14.1 Å². The minimum Gasteiger partial charge on any atom is -0.356 e. The molecule has 0 saturated heterocycles. The molecule has 3 aromatic rings. The lowest BCUT2D eigenvalue weighted by molar-refractivity contribution is -0.121. The number of aromatic nitrogens is 4. The van der Waals surface area contributed by atoms with Gasteiger partial charge in [0.25, 0.3) is 5.56 Å². The zero-order valence-electron chi connectivity index (χ0n) is 14.7. The van der Waals surface area contributed by atoms with Gasteiger partial charge < -0.3 is 10.3 Å². The van der Waals surface area contributed by atoms with Gasteiger partial charge in [0.1, 0.15) is 11.3 Å². The minimum absolute atomic E-state index is 0.0271. The highest BCUT2D eigenvalue weighted by Gasteiger charge is 2.13. The van der Waals surface area contributed by atoms with Gasteiger partial charge in [-0.05, 0) is 24.3 Å². The largest absolute Gasteiger partial charge is 0.356 e. The molecule has 1 amide bonds. The molecule has 0 atom stereocenters. The highest BCUT2D eigenvalue weighted by Crippen LogP contribution is 2.10. The summed E-state index contributed by atoms with van der Waals surface area (Å²) in [6.07, 6.45) is 2.50. The molecule has 0 aromatic carbocycles. The van der Waals surface area contributed by atoms with Crippen LogP contribution in [0.5, 0.6) is 0 Å². The number of thiophene rings is 1. The average Bonchev–Trinajstić information content (AvgIpc) is 3.30. The number of amides is 1. The minimum atomic E-state index is -0.404. The summed E-state index contributed by atoms with van der Waals surface area (Å²) in [5.74, 6) is 0.658. The lowest BCUT2D eigenvalue weighted by Crippen LogP contribution is -2.36. The maximum Gasteiger partial charge on any atom is 0.332 e. The molecule has 0 unspecified atom stereocenters. The van der Waals surface area contributed by atoms with Gasteiger partial charge in [-0.25, -0.2) is 9.78 Å². The Balaban J connectivity index is 1.53. The Labute approximate surface area is 153 Å². The van der Waals surface area contributed by atoms with Crippen LogP contribution in [0.1, 0.15) is 23.5 Å². The number of fused-ring (bicyclic) bond motifs is 1. The highest BCUT2D eigenvalue weighted by molar-refractivity contribution is 7.09. The number of imidazole rings is 1. The fraction of sp³-hybridized carbons (Fsp3) is 0.412. The summed E-state index contributed by atoms with van der Waals surface area (Å²) in [6, 6.07) is 4.01. The van der Waals surface area contributed by atoms with E-state index in [1.165, 1.54) is 16.5 Å². The fourth-order valence-corrected chi connectivity index (χ4v) is 3.46. The molecule has 3 aromatic heterocycles. The lowest BCUT2D eigenvalue weighted by atomic mass is 10.2. The summed E-state index contributed by atoms with van der Waals surface area (Å²) in [4.78, 5) is 44.4. The van der Waals surface area contributed by atoms with Gasteiger partial charge in [0.05, 0.1) is 0 Å². The van der Waals surface area contributed by atoms with Crippen LogP contribution in [0.15, 0.2) is 27.1 Å². The number of carbonyl (C=O) groups is 1. The molecule has 9 heteroatoms. The molecule has 8 nitrogen and oxygen atoms in total. The van der Waals surface area contributed by atoms with Crippen LogP contribution in [0, 0.1) is 0 Å². The molecular weight excluding hydrogens is 354 g/mol. The standard InChI is InChI=1S/C17H21N5O3S/c1-21-15-14(16(24)22(2)17(21)25)19-12(20-15)6-3-9-18-13(23)8-7-11-5-4-10-26-11/h4-5,10H,3,6-9H2,1-2H3,(H,18,23)(H,19,20). The molecular formula is C17H21N5O3S. The van der Waals surface area contributed by atoms with Crippen molar-refractivity contribution in [1.82, 2.24) is 24.4 Å². The first-order chi connectivity index (χ1) is 12.5. The van der Waals surface area contributed by atoms with Gasteiger partial charge >= 0.3 is 5.69 Å². The molecule has 2 N–H and O–H groups in total. The van der Waals surface area contributed by atoms with Gasteiger partial charge in [0.2, 0.25) is 5.91 Å². The monoisotopic (exact) mass is 375 g/mol. The molecule has 0 bridgehead atoms. The van der Waals surface area contributed by atoms with E-state index in [9.17, 15) is 14.4 Å². The fourth-order valence-electron chi connectivity index (χ4n) is 2.76. The third-order valence-electron chi connectivity index (χ3n) is 4.23. The van der Waals surface area contributed by atoms with Crippen molar-refractivity contribution in [3.8, 4) is 0 Å². The number of hydrogen-bond donors (Lipinski definition) is 2. The lowest BCUT2D eigenvalue weighted by Gasteiger charge is -2.03. The average molecular weight is 375 g/mol. The van der Waals surface area contributed by atoms with Crippen molar-refractivity contribution in [2.75, 3.05) is 6.54 Å². The molecule has 0 saturated carbocycles. The second kappa shape index (κ2) is 7.69. The van der Waals surface area contributed by atoms with E-state index in [1.807, 2.05) is 17.5 Å². The summed E-state index contributed by atoms with van der Waals surface area (Å²) in [5.41, 5.74) is -0.111. The van der Waals surface area contributed by atoms with E-state index in [0.29, 0.717) is 42.8 Å². The van der Waals surface area contributed by atoms with Gasteiger partial charge in [0, 0.05) is 38.4 Å². The predicted molar refractivity (Wildman–Crippen MR) is 101 cm³/mol. The molecule has 3 rings (SSSR count). The van der Waals surface area contributed by atoms with Crippen molar-refractivity contribution >= 4 is 28.4 Å². The number of aryl methyl sites for hydroxylation is 3. The van der Waals surface area contributed by atoms with Gasteiger partial charge in [-0.2, -0.15) is 0 Å². The summed E-state index contributed by atoms with van der Waals surface area (Å²) in [5, 5.41) is 4.90. The third-order valence-corrected chi connectivity index (χ3v) is 5.17. The molecule has 138 valence electrons. The zero-order chi connectivity index (χ0) is 18.7. The van der Waals surface area contributed by atoms with E-state index >= 15 is 0 Å². The molecule has 0 fully saturated rings. The van der Waals surface area contributed by atoms with Crippen molar-refractivity contribution in [3.63, 3.8) is 0 Å². The Morgan fingerprint density at radius 3 is 2.81 bits per heavy atom. The Kier molecular flexibility index (Phi) is 5.36. The van der Waals surface area contributed by atoms with Crippen LogP contribution >= 0.6 is 11.3 Å². The maximum atomic E-state index is 12.1. The van der Waals surface area contributed by atoms with Crippen LogP contribution < -0.4 is 16.6 Å². The number of rotatable bonds is 7. The van der Waals surface area contributed by atoms with Gasteiger partial charge in [0.15, 0.2) is 5.65 Å². The van der Waals surface area contributed by atoms with E-state index in [2.05, 4.69) is 15.3 Å². The zero-order valence-corrected chi connectivity index (χ0v) is 15.6. The van der Waals surface area contributed by atoms with Crippen LogP contribution in [0.4, 0.5) is 0 Å². The molecule has 3 heterocycles. The van der Waals surface area contributed by atoms with E-state index < -0.39 is 5.69 Å². The van der Waals surface area contributed by atoms with Crippen molar-refractivity contribution in [1.29, 1.82) is 0 Å². The van der Waals surface area contributed by atoms with E-state index in [4.69, 9.17) is 0 Å². The molecule has 0 aliphatic heterocycles. The van der Waals surface area contributed by atoms with Gasteiger partial charge in [-0.1, -0.05) is 6.07 Å². The van der Waals surface area contributed by atoms with Crippen LogP contribution in [0.2, 0.25) is 0 Å².